The maximum atomic E-state index is 11.9. The molecule has 0 aliphatic heterocycles. The lowest BCUT2D eigenvalue weighted by Crippen LogP contribution is -2.39. The van der Waals surface area contributed by atoms with E-state index >= 15 is 0 Å². The van der Waals surface area contributed by atoms with Gasteiger partial charge in [0.2, 0.25) is 0 Å². The molecule has 3 N–H and O–H groups in total. The van der Waals surface area contributed by atoms with Crippen molar-refractivity contribution in [1.82, 2.24) is 14.6 Å². The quantitative estimate of drug-likeness (QED) is 0.350. The maximum absolute atomic E-state index is 11.9. The van der Waals surface area contributed by atoms with Crippen LogP contribution >= 0.6 is 15.9 Å². The highest BCUT2D eigenvalue weighted by Gasteiger charge is 2.09. The number of hydrazine groups is 1. The molecule has 0 saturated carbocycles. The molecule has 1 amide bonds. The Morgan fingerprint density at radius 2 is 2.00 bits per heavy atom. The van der Waals surface area contributed by atoms with Gasteiger partial charge in [0.1, 0.15) is 0 Å². The first-order valence-electron chi connectivity index (χ1n) is 5.99. The van der Waals surface area contributed by atoms with Gasteiger partial charge in [0, 0.05) is 29.5 Å². The summed E-state index contributed by atoms with van der Waals surface area (Å²) in [7, 11) is 1.52. The zero-order chi connectivity index (χ0) is 15.6. The van der Waals surface area contributed by atoms with Crippen molar-refractivity contribution >= 4 is 21.8 Å². The van der Waals surface area contributed by atoms with Gasteiger partial charge in [-0.1, -0.05) is 22.0 Å². The van der Waals surface area contributed by atoms with Crippen molar-refractivity contribution in [3.63, 3.8) is 0 Å². The van der Waals surface area contributed by atoms with E-state index in [1.807, 2.05) is 5.43 Å². The van der Waals surface area contributed by atoms with Crippen LogP contribution in [0.15, 0.2) is 44.7 Å². The highest BCUT2D eigenvalue weighted by Crippen LogP contribution is 2.19. The van der Waals surface area contributed by atoms with Crippen LogP contribution < -0.4 is 22.4 Å². The zero-order valence-corrected chi connectivity index (χ0v) is 12.8. The fourth-order valence-corrected chi connectivity index (χ4v) is 2.30. The van der Waals surface area contributed by atoms with Crippen LogP contribution in [0.1, 0.15) is 15.9 Å². The van der Waals surface area contributed by atoms with Crippen LogP contribution in [0.2, 0.25) is 0 Å². The highest BCUT2D eigenvalue weighted by molar-refractivity contribution is 9.10. The van der Waals surface area contributed by atoms with E-state index < -0.39 is 17.0 Å². The normalized spacial score (nSPS) is 10.4. The summed E-state index contributed by atoms with van der Waals surface area (Å²) in [5, 5.41) is 0. The Kier molecular flexibility index (Phi) is 4.39. The summed E-state index contributed by atoms with van der Waals surface area (Å²) in [5.74, 6) is 4.66. The lowest BCUT2D eigenvalue weighted by atomic mass is 10.1. The topological polar surface area (TPSA) is 99.1 Å². The Balaban J connectivity index is 2.37. The molecule has 21 heavy (non-hydrogen) atoms. The van der Waals surface area contributed by atoms with E-state index in [0.717, 1.165) is 5.56 Å². The molecule has 2 aromatic rings. The van der Waals surface area contributed by atoms with Gasteiger partial charge in [-0.05, 0) is 17.7 Å². The molecular formula is C13H13BrN4O3. The van der Waals surface area contributed by atoms with E-state index in [0.29, 0.717) is 10.0 Å². The van der Waals surface area contributed by atoms with Crippen molar-refractivity contribution in [1.29, 1.82) is 0 Å². The predicted molar refractivity (Wildman–Crippen MR) is 80.8 cm³/mol. The first-order chi connectivity index (χ1) is 9.93. The van der Waals surface area contributed by atoms with E-state index in [4.69, 9.17) is 5.84 Å². The summed E-state index contributed by atoms with van der Waals surface area (Å²) in [6.07, 6.45) is 3.06. The number of nitrogens with two attached hydrogens (primary N) is 1. The molecule has 0 unspecified atom stereocenters. The van der Waals surface area contributed by atoms with Gasteiger partial charge in [0.05, 0.1) is 6.54 Å². The van der Waals surface area contributed by atoms with Gasteiger partial charge in [-0.15, -0.1) is 0 Å². The fourth-order valence-electron chi connectivity index (χ4n) is 1.80. The number of benzene rings is 1. The summed E-state index contributed by atoms with van der Waals surface area (Å²) in [4.78, 5) is 34.9. The molecule has 0 radical (unpaired) electrons. The second kappa shape index (κ2) is 6.06. The summed E-state index contributed by atoms with van der Waals surface area (Å²) in [5.41, 5.74) is 2.01. The summed E-state index contributed by atoms with van der Waals surface area (Å²) in [6, 6.07) is 4.89. The number of aryl methyl sites for hydroxylation is 1. The van der Waals surface area contributed by atoms with Gasteiger partial charge >= 0.3 is 11.1 Å². The van der Waals surface area contributed by atoms with Gasteiger partial charge in [0.25, 0.3) is 5.91 Å². The molecule has 0 aliphatic carbocycles. The minimum Gasteiger partial charge on any atom is -0.312 e. The molecule has 1 aromatic carbocycles. The monoisotopic (exact) mass is 352 g/mol. The summed E-state index contributed by atoms with van der Waals surface area (Å²) >= 11 is 3.34. The molecule has 110 valence electrons. The lowest BCUT2D eigenvalue weighted by Gasteiger charge is -2.09. The van der Waals surface area contributed by atoms with E-state index in [-0.39, 0.29) is 6.54 Å². The number of nitrogens with one attached hydrogen (secondary N) is 1. The smallest absolute Gasteiger partial charge is 0.312 e. The van der Waals surface area contributed by atoms with Crippen LogP contribution in [0.25, 0.3) is 0 Å². The first kappa shape index (κ1) is 15.2. The minimum atomic E-state index is -0.601. The van der Waals surface area contributed by atoms with Crippen LogP contribution in [0, 0.1) is 0 Å². The third kappa shape index (κ3) is 3.11. The molecule has 1 heterocycles. The maximum Gasteiger partial charge on any atom is 0.316 e. The Hall–Kier alpha value is -2.19. The molecule has 0 fully saturated rings. The number of hydrogen-bond donors (Lipinski definition) is 2. The van der Waals surface area contributed by atoms with Crippen LogP contribution in [0.3, 0.4) is 0 Å². The second-order valence-electron chi connectivity index (χ2n) is 4.43. The molecule has 1 aromatic heterocycles. The molecule has 0 atom stereocenters. The van der Waals surface area contributed by atoms with Crippen LogP contribution in [0.5, 0.6) is 0 Å². The van der Waals surface area contributed by atoms with E-state index in [1.165, 1.54) is 28.6 Å². The molecule has 0 aliphatic rings. The summed E-state index contributed by atoms with van der Waals surface area (Å²) in [6.45, 7) is 0.222. The molecule has 7 nitrogen and oxygen atoms in total. The van der Waals surface area contributed by atoms with Crippen LogP contribution in [-0.2, 0) is 13.6 Å². The van der Waals surface area contributed by atoms with Crippen LogP contribution in [-0.4, -0.2) is 15.0 Å². The fraction of sp³-hybridized carbons (Fsp3) is 0.154. The third-order valence-electron chi connectivity index (χ3n) is 3.02. The number of aromatic nitrogens is 2. The van der Waals surface area contributed by atoms with Crippen molar-refractivity contribution in [2.45, 2.75) is 6.54 Å². The Bertz CT molecular complexity index is 810. The van der Waals surface area contributed by atoms with Crippen molar-refractivity contribution in [3.05, 3.63) is 66.9 Å². The first-order valence-corrected chi connectivity index (χ1v) is 6.79. The average molecular weight is 353 g/mol. The van der Waals surface area contributed by atoms with Gasteiger partial charge in [-0.2, -0.15) is 0 Å². The minimum absolute atomic E-state index is 0.222. The molecule has 0 spiro atoms. The molecule has 8 heteroatoms. The molecule has 0 saturated heterocycles. The standard InChI is InChI=1S/C13H13BrN4O3/c1-17-4-5-18(13(21)12(17)20)7-9-3-2-8(6-10(9)14)11(19)16-15/h2-6H,7,15H2,1H3,(H,16,19). The number of halogens is 1. The number of carbonyl (C=O) groups is 1. The highest BCUT2D eigenvalue weighted by atomic mass is 79.9. The van der Waals surface area contributed by atoms with Gasteiger partial charge < -0.3 is 9.13 Å². The number of nitrogen functional groups attached to an aromatic ring is 1. The van der Waals surface area contributed by atoms with Crippen LogP contribution in [0.4, 0.5) is 0 Å². The number of nitrogens with zero attached hydrogens (tertiary/aromatic N) is 2. The van der Waals surface area contributed by atoms with E-state index in [2.05, 4.69) is 15.9 Å². The predicted octanol–water partition coefficient (Wildman–Crippen LogP) is -0.0387. The van der Waals surface area contributed by atoms with Gasteiger partial charge in [0.15, 0.2) is 0 Å². The molecule has 2 rings (SSSR count). The van der Waals surface area contributed by atoms with Crippen molar-refractivity contribution in [2.24, 2.45) is 12.9 Å². The second-order valence-corrected chi connectivity index (χ2v) is 5.28. The van der Waals surface area contributed by atoms with E-state index in [1.54, 1.807) is 18.2 Å². The Labute approximate surface area is 128 Å². The third-order valence-corrected chi connectivity index (χ3v) is 3.76. The van der Waals surface area contributed by atoms with Crippen molar-refractivity contribution in [2.75, 3.05) is 0 Å². The number of hydrogen-bond acceptors (Lipinski definition) is 4. The van der Waals surface area contributed by atoms with Gasteiger partial charge in [-0.3, -0.25) is 19.8 Å². The van der Waals surface area contributed by atoms with E-state index in [9.17, 15) is 14.4 Å². The number of carbonyl (C=O) groups excluding carboxylic acids is 1. The number of rotatable bonds is 3. The molecule has 0 bridgehead atoms. The number of amides is 1. The Morgan fingerprint density at radius 1 is 1.29 bits per heavy atom. The molecular weight excluding hydrogens is 340 g/mol. The zero-order valence-electron chi connectivity index (χ0n) is 11.2. The summed E-state index contributed by atoms with van der Waals surface area (Å²) < 4.78 is 3.18. The van der Waals surface area contributed by atoms with Gasteiger partial charge in [-0.25, -0.2) is 5.84 Å². The average Bonchev–Trinajstić information content (AvgIpc) is 2.48. The lowest BCUT2D eigenvalue weighted by molar-refractivity contribution is 0.0953. The Morgan fingerprint density at radius 3 is 2.62 bits per heavy atom. The SMILES string of the molecule is Cn1ccn(Cc2ccc(C(=O)NN)cc2Br)c(=O)c1=O. The largest absolute Gasteiger partial charge is 0.316 e. The van der Waals surface area contributed by atoms with Crippen molar-refractivity contribution < 1.29 is 4.79 Å². The van der Waals surface area contributed by atoms with Crippen molar-refractivity contribution in [3.8, 4) is 0 Å².